The first-order chi connectivity index (χ1) is 13.1. The number of piperazine rings is 1. The number of nitrogens with zero attached hydrogens (tertiary/aromatic N) is 2. The highest BCUT2D eigenvalue weighted by atomic mass is 32.2. The van der Waals surface area contributed by atoms with Crippen LogP contribution in [0.1, 0.15) is 40.3 Å². The van der Waals surface area contributed by atoms with E-state index in [1.165, 1.54) is 11.1 Å². The van der Waals surface area contributed by atoms with Crippen molar-refractivity contribution in [2.45, 2.75) is 59.4 Å². The van der Waals surface area contributed by atoms with Crippen LogP contribution < -0.4 is 4.90 Å². The van der Waals surface area contributed by atoms with E-state index in [0.29, 0.717) is 24.5 Å². The molecule has 1 saturated heterocycles. The van der Waals surface area contributed by atoms with Crippen LogP contribution in [0.5, 0.6) is 0 Å². The highest BCUT2D eigenvalue weighted by Crippen LogP contribution is 2.33. The zero-order chi connectivity index (χ0) is 20.8. The molecular weight excluding hydrogens is 368 g/mol. The van der Waals surface area contributed by atoms with Crippen LogP contribution in [0.3, 0.4) is 0 Å². The second kappa shape index (κ2) is 7.53. The second-order valence-electron chi connectivity index (χ2n) is 8.20. The molecule has 1 aliphatic heterocycles. The maximum atomic E-state index is 13.6. The third-order valence-electron chi connectivity index (χ3n) is 6.48. The van der Waals surface area contributed by atoms with Gasteiger partial charge in [-0.15, -0.1) is 0 Å². The smallest absolute Gasteiger partial charge is 0.243 e. The van der Waals surface area contributed by atoms with E-state index in [1.54, 1.807) is 4.31 Å². The van der Waals surface area contributed by atoms with E-state index in [4.69, 9.17) is 0 Å². The van der Waals surface area contributed by atoms with Gasteiger partial charge in [0.15, 0.2) is 0 Å². The van der Waals surface area contributed by atoms with Crippen molar-refractivity contribution in [2.75, 3.05) is 24.5 Å². The van der Waals surface area contributed by atoms with Crippen molar-refractivity contribution in [3.63, 3.8) is 0 Å². The van der Waals surface area contributed by atoms with Gasteiger partial charge in [-0.25, -0.2) is 8.42 Å². The van der Waals surface area contributed by atoms with Crippen LogP contribution in [-0.4, -0.2) is 38.4 Å². The standard InChI is InChI=1S/C23H32N2O2S/c1-15-8-10-22(11-9-15)25-13-12-24(14-16(25)2)28(26,27)23-20(6)18(4)17(3)19(5)21(23)7/h8-11,16H,12-14H2,1-7H3. The average molecular weight is 401 g/mol. The maximum Gasteiger partial charge on any atom is 0.243 e. The molecule has 0 aromatic heterocycles. The fraction of sp³-hybridized carbons (Fsp3) is 0.478. The number of anilines is 1. The Morgan fingerprint density at radius 3 is 1.79 bits per heavy atom. The molecule has 1 aliphatic rings. The summed E-state index contributed by atoms with van der Waals surface area (Å²) in [5, 5.41) is 0. The fourth-order valence-electron chi connectivity index (χ4n) is 4.24. The summed E-state index contributed by atoms with van der Waals surface area (Å²) in [6.45, 7) is 15.9. The molecule has 0 aliphatic carbocycles. The zero-order valence-corrected chi connectivity index (χ0v) is 18.9. The third-order valence-corrected chi connectivity index (χ3v) is 8.62. The average Bonchev–Trinajstić information content (AvgIpc) is 2.65. The molecule has 1 atom stereocenters. The molecule has 0 bridgehead atoms. The molecule has 0 amide bonds. The molecule has 0 radical (unpaired) electrons. The van der Waals surface area contributed by atoms with E-state index in [-0.39, 0.29) is 6.04 Å². The van der Waals surface area contributed by atoms with E-state index in [9.17, 15) is 8.42 Å². The van der Waals surface area contributed by atoms with Gasteiger partial charge in [0.25, 0.3) is 0 Å². The predicted octanol–water partition coefficient (Wildman–Crippen LogP) is 4.44. The Balaban J connectivity index is 1.92. The van der Waals surface area contributed by atoms with Crippen LogP contribution in [0.15, 0.2) is 29.2 Å². The Labute approximate surface area is 170 Å². The quantitative estimate of drug-likeness (QED) is 0.765. The van der Waals surface area contributed by atoms with Crippen LogP contribution in [0, 0.1) is 41.5 Å². The van der Waals surface area contributed by atoms with Crippen LogP contribution in [-0.2, 0) is 10.0 Å². The molecule has 1 heterocycles. The lowest BCUT2D eigenvalue weighted by Gasteiger charge is -2.41. The van der Waals surface area contributed by atoms with Crippen LogP contribution in [0.4, 0.5) is 5.69 Å². The third kappa shape index (κ3) is 3.46. The highest BCUT2D eigenvalue weighted by molar-refractivity contribution is 7.89. The van der Waals surface area contributed by atoms with E-state index >= 15 is 0 Å². The van der Waals surface area contributed by atoms with Gasteiger partial charge in [0.2, 0.25) is 10.0 Å². The Morgan fingerprint density at radius 2 is 1.29 bits per heavy atom. The Morgan fingerprint density at radius 1 is 0.786 bits per heavy atom. The Bertz CT molecular complexity index is 965. The molecule has 152 valence electrons. The van der Waals surface area contributed by atoms with Gasteiger partial charge in [0.05, 0.1) is 4.90 Å². The van der Waals surface area contributed by atoms with E-state index < -0.39 is 10.0 Å². The minimum Gasteiger partial charge on any atom is -0.366 e. The van der Waals surface area contributed by atoms with Gasteiger partial charge >= 0.3 is 0 Å². The lowest BCUT2D eigenvalue weighted by atomic mass is 9.95. The first kappa shape index (κ1) is 20.9. The van der Waals surface area contributed by atoms with Gasteiger partial charge in [-0.05, 0) is 88.4 Å². The number of benzene rings is 2. The first-order valence-electron chi connectivity index (χ1n) is 9.96. The van der Waals surface area contributed by atoms with Crippen molar-refractivity contribution in [2.24, 2.45) is 0 Å². The van der Waals surface area contributed by atoms with Crippen LogP contribution in [0.2, 0.25) is 0 Å². The molecule has 0 saturated carbocycles. The topological polar surface area (TPSA) is 40.6 Å². The molecule has 1 unspecified atom stereocenters. The summed E-state index contributed by atoms with van der Waals surface area (Å²) in [5.74, 6) is 0. The Hall–Kier alpha value is -1.85. The number of aryl methyl sites for hydroxylation is 1. The van der Waals surface area contributed by atoms with Crippen molar-refractivity contribution in [1.82, 2.24) is 4.31 Å². The number of hydrogen-bond donors (Lipinski definition) is 0. The molecule has 1 fully saturated rings. The molecule has 28 heavy (non-hydrogen) atoms. The maximum absolute atomic E-state index is 13.6. The first-order valence-corrected chi connectivity index (χ1v) is 11.4. The molecule has 5 heteroatoms. The molecule has 2 aromatic carbocycles. The summed E-state index contributed by atoms with van der Waals surface area (Å²) in [7, 11) is -3.52. The minimum atomic E-state index is -3.52. The summed E-state index contributed by atoms with van der Waals surface area (Å²) in [6, 6.07) is 8.58. The van der Waals surface area contributed by atoms with Crippen molar-refractivity contribution in [1.29, 1.82) is 0 Å². The lowest BCUT2D eigenvalue weighted by Crippen LogP contribution is -2.53. The molecule has 0 N–H and O–H groups in total. The van der Waals surface area contributed by atoms with Crippen molar-refractivity contribution in [3.05, 3.63) is 57.6 Å². The van der Waals surface area contributed by atoms with Crippen LogP contribution in [0.25, 0.3) is 0 Å². The van der Waals surface area contributed by atoms with Crippen molar-refractivity contribution in [3.8, 4) is 0 Å². The SMILES string of the molecule is Cc1ccc(N2CCN(S(=O)(=O)c3c(C)c(C)c(C)c(C)c3C)CC2C)cc1. The van der Waals surface area contributed by atoms with E-state index in [0.717, 1.165) is 27.9 Å². The monoisotopic (exact) mass is 400 g/mol. The van der Waals surface area contributed by atoms with Crippen LogP contribution >= 0.6 is 0 Å². The largest absolute Gasteiger partial charge is 0.366 e. The lowest BCUT2D eigenvalue weighted by molar-refractivity contribution is 0.342. The molecular formula is C23H32N2O2S. The number of sulfonamides is 1. The summed E-state index contributed by atoms with van der Waals surface area (Å²) in [4.78, 5) is 2.81. The molecule has 4 nitrogen and oxygen atoms in total. The van der Waals surface area contributed by atoms with Gasteiger partial charge < -0.3 is 4.90 Å². The van der Waals surface area contributed by atoms with E-state index in [1.807, 2.05) is 27.7 Å². The Kier molecular flexibility index (Phi) is 5.61. The highest BCUT2D eigenvalue weighted by Gasteiger charge is 2.35. The summed E-state index contributed by atoms with van der Waals surface area (Å²) in [5.41, 5.74) is 7.49. The minimum absolute atomic E-state index is 0.125. The summed E-state index contributed by atoms with van der Waals surface area (Å²) >= 11 is 0. The van der Waals surface area contributed by atoms with Gasteiger partial charge in [0, 0.05) is 31.4 Å². The normalized spacial score (nSPS) is 18.5. The van der Waals surface area contributed by atoms with Gasteiger partial charge in [-0.1, -0.05) is 17.7 Å². The van der Waals surface area contributed by atoms with Crippen molar-refractivity contribution >= 4 is 15.7 Å². The van der Waals surface area contributed by atoms with Gasteiger partial charge in [-0.3, -0.25) is 0 Å². The van der Waals surface area contributed by atoms with Crippen molar-refractivity contribution < 1.29 is 8.42 Å². The molecule has 0 spiro atoms. The molecule has 2 aromatic rings. The van der Waals surface area contributed by atoms with E-state index in [2.05, 4.69) is 49.9 Å². The number of rotatable bonds is 3. The second-order valence-corrected chi connectivity index (χ2v) is 10.1. The van der Waals surface area contributed by atoms with Gasteiger partial charge in [-0.2, -0.15) is 4.31 Å². The zero-order valence-electron chi connectivity index (χ0n) is 18.1. The fourth-order valence-corrected chi connectivity index (χ4v) is 6.32. The number of hydrogen-bond acceptors (Lipinski definition) is 3. The summed E-state index contributed by atoms with van der Waals surface area (Å²) < 4.78 is 28.8. The molecule has 3 rings (SSSR count). The van der Waals surface area contributed by atoms with Gasteiger partial charge in [0.1, 0.15) is 0 Å². The predicted molar refractivity (Wildman–Crippen MR) is 117 cm³/mol. The summed E-state index contributed by atoms with van der Waals surface area (Å²) in [6.07, 6.45) is 0.